The van der Waals surface area contributed by atoms with Gasteiger partial charge in [-0.1, -0.05) is 32.9 Å². The van der Waals surface area contributed by atoms with Crippen molar-refractivity contribution in [3.8, 4) is 0 Å². The van der Waals surface area contributed by atoms with Crippen molar-refractivity contribution >= 4 is 17.6 Å². The zero-order chi connectivity index (χ0) is 19.6. The zero-order valence-corrected chi connectivity index (χ0v) is 16.9. The predicted molar refractivity (Wildman–Crippen MR) is 106 cm³/mol. The second-order valence-electron chi connectivity index (χ2n) is 8.66. The third-order valence-corrected chi connectivity index (χ3v) is 5.28. The van der Waals surface area contributed by atoms with E-state index < -0.39 is 5.41 Å². The highest BCUT2D eigenvalue weighted by molar-refractivity contribution is 5.96. The maximum absolute atomic E-state index is 12.8. The second kappa shape index (κ2) is 7.89. The van der Waals surface area contributed by atoms with Crippen molar-refractivity contribution in [2.45, 2.75) is 52.7 Å². The standard InChI is InChI=1S/C21H31N3O3/c1-21(2,3)19(25)22-20(26)24(14-17-6-5-11-27-17)13-15-7-8-18-16(12-15)9-10-23(18)4/h7-8,12,17H,5-6,9-11,13-14H2,1-4H3,(H,22,25,26). The molecule has 0 aromatic heterocycles. The summed E-state index contributed by atoms with van der Waals surface area (Å²) in [5.74, 6) is -0.264. The van der Waals surface area contributed by atoms with Gasteiger partial charge in [-0.15, -0.1) is 0 Å². The van der Waals surface area contributed by atoms with Crippen LogP contribution in [0.5, 0.6) is 0 Å². The van der Waals surface area contributed by atoms with E-state index in [0.717, 1.165) is 38.0 Å². The molecule has 0 spiro atoms. The fourth-order valence-electron chi connectivity index (χ4n) is 3.56. The Labute approximate surface area is 161 Å². The number of nitrogens with one attached hydrogen (secondary N) is 1. The Bertz CT molecular complexity index is 705. The summed E-state index contributed by atoms with van der Waals surface area (Å²) in [5, 5.41) is 2.56. The van der Waals surface area contributed by atoms with Gasteiger partial charge in [-0.25, -0.2) is 4.79 Å². The molecule has 148 valence electrons. The van der Waals surface area contributed by atoms with Crippen molar-refractivity contribution in [2.24, 2.45) is 5.41 Å². The summed E-state index contributed by atoms with van der Waals surface area (Å²) in [6.07, 6.45) is 3.04. The number of anilines is 1. The molecular weight excluding hydrogens is 342 g/mol. The van der Waals surface area contributed by atoms with Gasteiger partial charge in [0, 0.05) is 44.4 Å². The maximum Gasteiger partial charge on any atom is 0.324 e. The van der Waals surface area contributed by atoms with Crippen molar-refractivity contribution in [3.63, 3.8) is 0 Å². The Balaban J connectivity index is 1.73. The molecule has 1 N–H and O–H groups in total. The van der Waals surface area contributed by atoms with Crippen molar-refractivity contribution < 1.29 is 14.3 Å². The van der Waals surface area contributed by atoms with Crippen molar-refractivity contribution in [2.75, 3.05) is 31.6 Å². The summed E-state index contributed by atoms with van der Waals surface area (Å²) in [6, 6.07) is 6.03. The van der Waals surface area contributed by atoms with E-state index in [1.54, 1.807) is 25.7 Å². The third-order valence-electron chi connectivity index (χ3n) is 5.28. The molecular formula is C21H31N3O3. The number of likely N-dealkylation sites (N-methyl/N-ethyl adjacent to an activating group) is 1. The number of ether oxygens (including phenoxy) is 1. The number of rotatable bonds is 4. The minimum atomic E-state index is -0.608. The van der Waals surface area contributed by atoms with E-state index in [1.807, 2.05) is 0 Å². The molecule has 27 heavy (non-hydrogen) atoms. The lowest BCUT2D eigenvalue weighted by Gasteiger charge is -2.27. The third kappa shape index (κ3) is 4.80. The molecule has 1 fully saturated rings. The van der Waals surface area contributed by atoms with Crippen LogP contribution in [-0.2, 0) is 22.5 Å². The van der Waals surface area contributed by atoms with E-state index >= 15 is 0 Å². The number of carbonyl (C=O) groups excluding carboxylic acids is 2. The van der Waals surface area contributed by atoms with Crippen LogP contribution in [0.15, 0.2) is 18.2 Å². The SMILES string of the molecule is CN1CCc2cc(CN(CC3CCCO3)C(=O)NC(=O)C(C)(C)C)ccc21. The van der Waals surface area contributed by atoms with E-state index in [4.69, 9.17) is 4.74 Å². The summed E-state index contributed by atoms with van der Waals surface area (Å²) in [6.45, 7) is 8.15. The molecule has 2 aliphatic heterocycles. The maximum atomic E-state index is 12.8. The second-order valence-corrected chi connectivity index (χ2v) is 8.66. The molecule has 3 rings (SSSR count). The van der Waals surface area contributed by atoms with E-state index in [1.165, 1.54) is 11.3 Å². The van der Waals surface area contributed by atoms with Crippen molar-refractivity contribution in [3.05, 3.63) is 29.3 Å². The Morgan fingerprint density at radius 1 is 1.33 bits per heavy atom. The highest BCUT2D eigenvalue weighted by Gasteiger charge is 2.28. The number of amides is 3. The summed E-state index contributed by atoms with van der Waals surface area (Å²) in [7, 11) is 2.10. The Morgan fingerprint density at radius 2 is 2.11 bits per heavy atom. The van der Waals surface area contributed by atoms with E-state index in [2.05, 4.69) is 35.5 Å². The van der Waals surface area contributed by atoms with Crippen molar-refractivity contribution in [1.29, 1.82) is 0 Å². The van der Waals surface area contributed by atoms with Gasteiger partial charge in [0.1, 0.15) is 0 Å². The first kappa shape index (κ1) is 19.7. The van der Waals surface area contributed by atoms with Gasteiger partial charge >= 0.3 is 6.03 Å². The Morgan fingerprint density at radius 3 is 2.78 bits per heavy atom. The first-order valence-corrected chi connectivity index (χ1v) is 9.79. The van der Waals surface area contributed by atoms with Crippen molar-refractivity contribution in [1.82, 2.24) is 10.2 Å². The van der Waals surface area contributed by atoms with Crippen LogP contribution < -0.4 is 10.2 Å². The summed E-state index contributed by atoms with van der Waals surface area (Å²) >= 11 is 0. The summed E-state index contributed by atoms with van der Waals surface area (Å²) < 4.78 is 5.72. The van der Waals surface area contributed by atoms with Gasteiger partial charge in [0.25, 0.3) is 0 Å². The lowest BCUT2D eigenvalue weighted by molar-refractivity contribution is -0.127. The smallest absolute Gasteiger partial charge is 0.324 e. The molecule has 6 nitrogen and oxygen atoms in total. The summed E-state index contributed by atoms with van der Waals surface area (Å²) in [4.78, 5) is 29.0. The van der Waals surface area contributed by atoms with Gasteiger partial charge in [0.05, 0.1) is 6.10 Å². The van der Waals surface area contributed by atoms with Gasteiger partial charge < -0.3 is 14.5 Å². The van der Waals surface area contributed by atoms with Crippen LogP contribution in [0, 0.1) is 5.41 Å². The fourth-order valence-corrected chi connectivity index (χ4v) is 3.56. The molecule has 0 saturated carbocycles. The van der Waals surface area contributed by atoms with E-state index in [-0.39, 0.29) is 18.0 Å². The van der Waals surface area contributed by atoms with Crippen LogP contribution in [0.1, 0.15) is 44.7 Å². The van der Waals surface area contributed by atoms with Crippen LogP contribution in [0.2, 0.25) is 0 Å². The largest absolute Gasteiger partial charge is 0.376 e. The molecule has 1 atom stereocenters. The first-order valence-electron chi connectivity index (χ1n) is 9.79. The van der Waals surface area contributed by atoms with Crippen LogP contribution >= 0.6 is 0 Å². The molecule has 1 aromatic carbocycles. The van der Waals surface area contributed by atoms with Gasteiger partial charge in [0.2, 0.25) is 5.91 Å². The molecule has 0 radical (unpaired) electrons. The molecule has 1 saturated heterocycles. The molecule has 1 aromatic rings. The molecule has 1 unspecified atom stereocenters. The fraction of sp³-hybridized carbons (Fsp3) is 0.619. The van der Waals surface area contributed by atoms with E-state index in [0.29, 0.717) is 13.1 Å². The highest BCUT2D eigenvalue weighted by atomic mass is 16.5. The highest BCUT2D eigenvalue weighted by Crippen LogP contribution is 2.28. The number of fused-ring (bicyclic) bond motifs is 1. The number of imide groups is 1. The number of hydrogen-bond donors (Lipinski definition) is 1. The van der Waals surface area contributed by atoms with Crippen LogP contribution in [0.25, 0.3) is 0 Å². The molecule has 3 amide bonds. The van der Waals surface area contributed by atoms with Gasteiger partial charge in [-0.05, 0) is 36.5 Å². The number of urea groups is 1. The quantitative estimate of drug-likeness (QED) is 0.881. The zero-order valence-electron chi connectivity index (χ0n) is 16.9. The summed E-state index contributed by atoms with van der Waals surface area (Å²) in [5.41, 5.74) is 3.05. The average molecular weight is 373 g/mol. The topological polar surface area (TPSA) is 61.9 Å². The monoisotopic (exact) mass is 373 g/mol. The molecule has 2 aliphatic rings. The molecule has 0 bridgehead atoms. The Kier molecular flexibility index (Phi) is 5.75. The predicted octanol–water partition coefficient (Wildman–Crippen LogP) is 2.94. The number of hydrogen-bond acceptors (Lipinski definition) is 4. The van der Waals surface area contributed by atoms with E-state index in [9.17, 15) is 9.59 Å². The molecule has 0 aliphatic carbocycles. The number of carbonyl (C=O) groups is 2. The lowest BCUT2D eigenvalue weighted by atomic mass is 9.96. The first-order chi connectivity index (χ1) is 12.7. The van der Waals surface area contributed by atoms with Gasteiger partial charge in [-0.2, -0.15) is 0 Å². The van der Waals surface area contributed by atoms with Gasteiger partial charge in [-0.3, -0.25) is 10.1 Å². The number of nitrogens with zero attached hydrogens (tertiary/aromatic N) is 2. The van der Waals surface area contributed by atoms with Crippen LogP contribution in [0.3, 0.4) is 0 Å². The Hall–Kier alpha value is -2.08. The van der Waals surface area contributed by atoms with Crippen LogP contribution in [-0.4, -0.2) is 49.7 Å². The van der Waals surface area contributed by atoms with Crippen LogP contribution in [0.4, 0.5) is 10.5 Å². The van der Waals surface area contributed by atoms with Gasteiger partial charge in [0.15, 0.2) is 0 Å². The molecule has 6 heteroatoms. The normalized spacial score (nSPS) is 19.1. The average Bonchev–Trinajstić information content (AvgIpc) is 3.23. The minimum Gasteiger partial charge on any atom is -0.376 e. The molecule has 2 heterocycles. The minimum absolute atomic E-state index is 0.0426. The lowest BCUT2D eigenvalue weighted by Crippen LogP contribution is -2.48. The number of benzene rings is 1.